The molecule has 1 N–H and O–H groups in total. The van der Waals surface area contributed by atoms with Gasteiger partial charge < -0.3 is 14.6 Å². The third kappa shape index (κ3) is 6.11. The van der Waals surface area contributed by atoms with Crippen molar-refractivity contribution in [2.75, 3.05) is 4.90 Å². The minimum atomic E-state index is -0.400. The number of pyridine rings is 1. The zero-order valence-electron chi connectivity index (χ0n) is 21.2. The Bertz CT molecular complexity index is 1680. The third-order valence-corrected chi connectivity index (χ3v) is 8.93. The van der Waals surface area contributed by atoms with Crippen molar-refractivity contribution >= 4 is 63.8 Å². The number of nitrogens with zero attached hydrogens (tertiary/aromatic N) is 3. The summed E-state index contributed by atoms with van der Waals surface area (Å²) in [4.78, 5) is 20.2. The van der Waals surface area contributed by atoms with Crippen molar-refractivity contribution in [2.45, 2.75) is 31.9 Å². The van der Waals surface area contributed by atoms with Gasteiger partial charge in [-0.25, -0.2) is 0 Å². The maximum absolute atomic E-state index is 11.0. The van der Waals surface area contributed by atoms with E-state index in [1.54, 1.807) is 18.3 Å². The summed E-state index contributed by atoms with van der Waals surface area (Å²) in [6.45, 7) is 0. The third-order valence-electron chi connectivity index (χ3n) is 6.42. The second-order valence-electron chi connectivity index (χ2n) is 9.06. The fraction of sp³-hybridized carbons (Fsp3) is 0.0667. The van der Waals surface area contributed by atoms with Crippen molar-refractivity contribution in [3.63, 3.8) is 0 Å². The Labute approximate surface area is 255 Å². The average Bonchev–Trinajstić information content (AvgIpc) is 3.59. The summed E-state index contributed by atoms with van der Waals surface area (Å²) in [6.07, 6.45) is 1.77. The molecule has 41 heavy (non-hydrogen) atoms. The number of nitro benzene ring substituents is 1. The molecule has 0 saturated carbocycles. The van der Waals surface area contributed by atoms with Crippen LogP contribution in [0, 0.1) is 10.1 Å². The van der Waals surface area contributed by atoms with Crippen molar-refractivity contribution in [1.82, 2.24) is 10.3 Å². The first-order valence-corrected chi connectivity index (χ1v) is 14.9. The van der Waals surface area contributed by atoms with Gasteiger partial charge in [-0.1, -0.05) is 41.2 Å². The van der Waals surface area contributed by atoms with Gasteiger partial charge in [0.25, 0.3) is 5.69 Å². The molecule has 1 aliphatic heterocycles. The number of hydrogen-bond acceptors (Lipinski definition) is 7. The number of furan rings is 1. The second-order valence-corrected chi connectivity index (χ2v) is 12.1. The lowest BCUT2D eigenvalue weighted by atomic mass is 10.0. The Morgan fingerprint density at radius 1 is 0.878 bits per heavy atom. The number of nitrogens with one attached hydrogen (secondary N) is 1. The minimum Gasteiger partial charge on any atom is -0.452 e. The van der Waals surface area contributed by atoms with Gasteiger partial charge in [0.1, 0.15) is 11.8 Å². The van der Waals surface area contributed by atoms with Crippen LogP contribution in [0.1, 0.15) is 23.5 Å². The van der Waals surface area contributed by atoms with Crippen LogP contribution in [-0.2, 0) is 0 Å². The SMILES string of the molecule is O=[N+]([O-])c1ccc(Sc2ccc(N3C(=S)N[C@@H](c4ccccn4)[C@H]3c3ccc(Sc4ccc(Cl)cc4)o3)cc2)cc1. The molecule has 1 saturated heterocycles. The highest BCUT2D eigenvalue weighted by Gasteiger charge is 2.42. The normalized spacial score (nSPS) is 16.5. The molecular weight excluding hydrogens is 596 g/mol. The summed E-state index contributed by atoms with van der Waals surface area (Å²) < 4.78 is 6.39. The number of anilines is 1. The summed E-state index contributed by atoms with van der Waals surface area (Å²) in [5.41, 5.74) is 1.83. The molecule has 5 aromatic rings. The van der Waals surface area contributed by atoms with Gasteiger partial charge >= 0.3 is 0 Å². The molecule has 0 aliphatic carbocycles. The molecule has 204 valence electrons. The molecule has 0 radical (unpaired) electrons. The molecule has 3 heterocycles. The Morgan fingerprint density at radius 3 is 2.20 bits per heavy atom. The van der Waals surface area contributed by atoms with Crippen LogP contribution in [0.2, 0.25) is 5.02 Å². The molecule has 3 aromatic carbocycles. The van der Waals surface area contributed by atoms with Gasteiger partial charge in [-0.3, -0.25) is 15.1 Å². The monoisotopic (exact) mass is 616 g/mol. The van der Waals surface area contributed by atoms with E-state index in [2.05, 4.69) is 15.2 Å². The van der Waals surface area contributed by atoms with Gasteiger partial charge in [0.2, 0.25) is 0 Å². The highest BCUT2D eigenvalue weighted by molar-refractivity contribution is 7.99. The van der Waals surface area contributed by atoms with Crippen LogP contribution < -0.4 is 10.2 Å². The molecular formula is C30H21ClN4O3S3. The zero-order valence-corrected chi connectivity index (χ0v) is 24.4. The van der Waals surface area contributed by atoms with E-state index >= 15 is 0 Å². The predicted molar refractivity (Wildman–Crippen MR) is 166 cm³/mol. The number of thiocarbonyl (C=S) groups is 1. The Hall–Kier alpha value is -3.83. The van der Waals surface area contributed by atoms with E-state index in [9.17, 15) is 10.1 Å². The van der Waals surface area contributed by atoms with E-state index in [0.29, 0.717) is 10.1 Å². The Kier molecular flexibility index (Phi) is 7.97. The summed E-state index contributed by atoms with van der Waals surface area (Å²) in [7, 11) is 0. The van der Waals surface area contributed by atoms with E-state index in [4.69, 9.17) is 28.2 Å². The molecule has 2 atom stereocenters. The molecule has 0 amide bonds. The molecule has 0 unspecified atom stereocenters. The van der Waals surface area contributed by atoms with Gasteiger partial charge in [0, 0.05) is 43.7 Å². The fourth-order valence-electron chi connectivity index (χ4n) is 4.54. The summed E-state index contributed by atoms with van der Waals surface area (Å²) in [5.74, 6) is 0.758. The first kappa shape index (κ1) is 27.3. The van der Waals surface area contributed by atoms with E-state index in [1.807, 2.05) is 78.9 Å². The van der Waals surface area contributed by atoms with Crippen LogP contribution in [0.5, 0.6) is 0 Å². The van der Waals surface area contributed by atoms with Crippen molar-refractivity contribution < 1.29 is 9.34 Å². The predicted octanol–water partition coefficient (Wildman–Crippen LogP) is 8.72. The van der Waals surface area contributed by atoms with Crippen LogP contribution in [0.25, 0.3) is 0 Å². The van der Waals surface area contributed by atoms with Crippen LogP contribution in [0.4, 0.5) is 11.4 Å². The lowest BCUT2D eigenvalue weighted by Crippen LogP contribution is -2.29. The maximum atomic E-state index is 11.0. The number of halogens is 1. The first-order chi connectivity index (χ1) is 19.9. The largest absolute Gasteiger partial charge is 0.452 e. The number of rotatable bonds is 8. The van der Waals surface area contributed by atoms with Crippen LogP contribution in [0.3, 0.4) is 0 Å². The Balaban J connectivity index is 1.28. The zero-order chi connectivity index (χ0) is 28.3. The van der Waals surface area contributed by atoms with Gasteiger partial charge in [-0.2, -0.15) is 0 Å². The van der Waals surface area contributed by atoms with E-state index in [-0.39, 0.29) is 17.8 Å². The van der Waals surface area contributed by atoms with Gasteiger partial charge in [-0.05, 0) is 97.1 Å². The molecule has 2 aromatic heterocycles. The first-order valence-electron chi connectivity index (χ1n) is 12.5. The maximum Gasteiger partial charge on any atom is 0.269 e. The Morgan fingerprint density at radius 2 is 1.54 bits per heavy atom. The van der Waals surface area contributed by atoms with E-state index in [1.165, 1.54) is 35.7 Å². The van der Waals surface area contributed by atoms with Gasteiger partial charge in [-0.15, -0.1) is 0 Å². The van der Waals surface area contributed by atoms with Crippen molar-refractivity contribution in [3.8, 4) is 0 Å². The highest BCUT2D eigenvalue weighted by Crippen LogP contribution is 2.44. The van der Waals surface area contributed by atoms with Crippen molar-refractivity contribution in [1.29, 1.82) is 0 Å². The highest BCUT2D eigenvalue weighted by atomic mass is 35.5. The molecule has 1 aliphatic rings. The summed E-state index contributed by atoms with van der Waals surface area (Å²) in [6, 6.07) is 31.5. The smallest absolute Gasteiger partial charge is 0.269 e. The number of aromatic nitrogens is 1. The number of hydrogen-bond donors (Lipinski definition) is 1. The number of non-ortho nitro benzene ring substituents is 1. The quantitative estimate of drug-likeness (QED) is 0.104. The lowest BCUT2D eigenvalue weighted by Gasteiger charge is -2.26. The second kappa shape index (κ2) is 12.0. The summed E-state index contributed by atoms with van der Waals surface area (Å²) >= 11 is 14.9. The topological polar surface area (TPSA) is 84.4 Å². The average molecular weight is 617 g/mol. The molecule has 0 bridgehead atoms. The van der Waals surface area contributed by atoms with Gasteiger partial charge in [0.15, 0.2) is 10.2 Å². The molecule has 11 heteroatoms. The van der Waals surface area contributed by atoms with E-state index in [0.717, 1.165) is 36.9 Å². The molecule has 6 rings (SSSR count). The van der Waals surface area contributed by atoms with Gasteiger partial charge in [0.05, 0.1) is 16.7 Å². The molecule has 1 fully saturated rings. The molecule has 0 spiro atoms. The fourth-order valence-corrected chi connectivity index (χ4v) is 6.60. The molecule has 7 nitrogen and oxygen atoms in total. The van der Waals surface area contributed by atoms with Crippen LogP contribution in [0.15, 0.2) is 134 Å². The van der Waals surface area contributed by atoms with Crippen LogP contribution in [-0.4, -0.2) is 15.0 Å². The van der Waals surface area contributed by atoms with Crippen molar-refractivity contribution in [2.24, 2.45) is 0 Å². The number of benzene rings is 3. The van der Waals surface area contributed by atoms with E-state index < -0.39 is 4.92 Å². The number of nitro groups is 1. The summed E-state index contributed by atoms with van der Waals surface area (Å²) in [5, 5.41) is 16.4. The van der Waals surface area contributed by atoms with Crippen molar-refractivity contribution in [3.05, 3.63) is 136 Å². The minimum absolute atomic E-state index is 0.0703. The standard InChI is InChI=1S/C30H21ClN4O3S3/c31-19-4-10-24(11-5-19)41-27-17-16-26(38-27)29-28(25-3-1-2-18-32-25)33-30(39)34(29)20-6-12-22(13-7-20)40-23-14-8-21(9-15-23)35(36)37/h1-18,28-29H,(H,33,39)/t28-,29+/m0/s1. The lowest BCUT2D eigenvalue weighted by molar-refractivity contribution is -0.384. The van der Waals surface area contributed by atoms with Crippen LogP contribution >= 0.6 is 47.3 Å².